The maximum atomic E-state index is 13.9. The summed E-state index contributed by atoms with van der Waals surface area (Å²) >= 11 is 1.05. The van der Waals surface area contributed by atoms with Gasteiger partial charge in [0.15, 0.2) is 0 Å². The molecule has 7 heteroatoms. The highest BCUT2D eigenvalue weighted by molar-refractivity contribution is 8.18. The van der Waals surface area contributed by atoms with E-state index in [-0.39, 0.29) is 22.1 Å². The Morgan fingerprint density at radius 3 is 2.72 bits per heavy atom. The third-order valence-electron chi connectivity index (χ3n) is 3.32. The molecule has 2 heterocycles. The lowest BCUT2D eigenvalue weighted by Gasteiger charge is -2.02. The molecule has 1 aliphatic rings. The molecule has 1 aromatic carbocycles. The molecule has 2 aromatic rings. The fraction of sp³-hybridized carbons (Fsp3) is 0.0556. The Morgan fingerprint density at radius 1 is 1.28 bits per heavy atom. The Morgan fingerprint density at radius 2 is 2.04 bits per heavy atom. The lowest BCUT2D eigenvalue weighted by Crippen LogP contribution is -2.10. The van der Waals surface area contributed by atoms with Gasteiger partial charge in [0, 0.05) is 6.20 Å². The predicted molar refractivity (Wildman–Crippen MR) is 95.0 cm³/mol. The number of ether oxygens (including phenoxy) is 1. The summed E-state index contributed by atoms with van der Waals surface area (Å²) in [5.41, 5.74) is 0.573. The minimum absolute atomic E-state index is 0.0679. The van der Waals surface area contributed by atoms with Crippen LogP contribution in [-0.4, -0.2) is 28.2 Å². The number of aliphatic imine (C=N–C) groups is 1. The van der Waals surface area contributed by atoms with Crippen LogP contribution in [0.5, 0.6) is 0 Å². The van der Waals surface area contributed by atoms with Gasteiger partial charge in [0.2, 0.25) is 0 Å². The lowest BCUT2D eigenvalue weighted by molar-refractivity contribution is -0.135. The fourth-order valence-electron chi connectivity index (χ4n) is 2.14. The van der Waals surface area contributed by atoms with Crippen molar-refractivity contribution < 1.29 is 19.0 Å². The Kier molecular flexibility index (Phi) is 4.95. The monoisotopic (exact) mass is 356 g/mol. The average Bonchev–Trinajstić information content (AvgIpc) is 2.92. The summed E-state index contributed by atoms with van der Waals surface area (Å²) in [5.74, 6) is -1.54. The van der Waals surface area contributed by atoms with E-state index in [1.165, 1.54) is 19.2 Å². The number of halogens is 1. The first-order valence-corrected chi connectivity index (χ1v) is 8.08. The zero-order valence-electron chi connectivity index (χ0n) is 13.1. The third kappa shape index (κ3) is 3.61. The van der Waals surface area contributed by atoms with Crippen LogP contribution in [0.1, 0.15) is 5.69 Å². The number of carbonyl (C=O) groups excluding carboxylic acids is 1. The van der Waals surface area contributed by atoms with E-state index in [0.717, 1.165) is 11.8 Å². The number of aliphatic hydroxyl groups excluding tert-OH is 1. The molecule has 0 aliphatic carbocycles. The molecule has 0 amide bonds. The molecule has 5 nitrogen and oxygen atoms in total. The Hall–Kier alpha value is -2.93. The molecule has 1 aliphatic heterocycles. The van der Waals surface area contributed by atoms with E-state index in [4.69, 9.17) is 4.74 Å². The summed E-state index contributed by atoms with van der Waals surface area (Å²) in [7, 11) is 1.20. The number of methoxy groups -OCH3 is 1. The molecule has 0 fully saturated rings. The number of hydrogen-bond donors (Lipinski definition) is 1. The number of thioether (sulfide) groups is 1. The first-order chi connectivity index (χ1) is 12.1. The highest BCUT2D eigenvalue weighted by Crippen LogP contribution is 2.40. The van der Waals surface area contributed by atoms with Gasteiger partial charge < -0.3 is 9.84 Å². The minimum atomic E-state index is -0.746. The number of aliphatic hydroxyl groups is 1. The minimum Gasteiger partial charge on any atom is -0.506 e. The number of aromatic nitrogens is 1. The topological polar surface area (TPSA) is 71.8 Å². The Balaban J connectivity index is 2.07. The molecule has 1 aromatic heterocycles. The summed E-state index contributed by atoms with van der Waals surface area (Å²) in [6.07, 6.45) is 3.23. The second-order valence-electron chi connectivity index (χ2n) is 4.95. The van der Waals surface area contributed by atoms with Crippen LogP contribution >= 0.6 is 11.8 Å². The summed E-state index contributed by atoms with van der Waals surface area (Å²) in [6, 6.07) is 11.3. The number of benzene rings is 1. The molecule has 0 spiro atoms. The predicted octanol–water partition coefficient (Wildman–Crippen LogP) is 4.02. The van der Waals surface area contributed by atoms with E-state index in [1.807, 2.05) is 0 Å². The smallest absolute Gasteiger partial charge is 0.344 e. The zero-order chi connectivity index (χ0) is 17.8. The van der Waals surface area contributed by atoms with Crippen molar-refractivity contribution in [1.29, 1.82) is 0 Å². The van der Waals surface area contributed by atoms with Gasteiger partial charge in [-0.1, -0.05) is 30.0 Å². The van der Waals surface area contributed by atoms with Crippen molar-refractivity contribution in [2.45, 2.75) is 0 Å². The SMILES string of the molecule is COC(=O)C1=C(O)/C(=C\c2ccccn2)SC1=Nc1ccccc1F. The van der Waals surface area contributed by atoms with E-state index < -0.39 is 11.8 Å². The third-order valence-corrected chi connectivity index (χ3v) is 4.34. The van der Waals surface area contributed by atoms with Crippen molar-refractivity contribution >= 4 is 34.5 Å². The van der Waals surface area contributed by atoms with Crippen molar-refractivity contribution in [2.24, 2.45) is 4.99 Å². The van der Waals surface area contributed by atoms with Crippen molar-refractivity contribution in [3.63, 3.8) is 0 Å². The van der Waals surface area contributed by atoms with Gasteiger partial charge in [0.05, 0.1) is 17.7 Å². The Labute approximate surface area is 147 Å². The van der Waals surface area contributed by atoms with Gasteiger partial charge in [0.25, 0.3) is 0 Å². The van der Waals surface area contributed by atoms with Crippen LogP contribution in [-0.2, 0) is 9.53 Å². The number of nitrogens with zero attached hydrogens (tertiary/aromatic N) is 2. The molecule has 1 N–H and O–H groups in total. The number of hydrogen-bond acceptors (Lipinski definition) is 6. The van der Waals surface area contributed by atoms with Crippen molar-refractivity contribution in [3.05, 3.63) is 76.4 Å². The van der Waals surface area contributed by atoms with E-state index >= 15 is 0 Å². The molecule has 126 valence electrons. The lowest BCUT2D eigenvalue weighted by atomic mass is 10.2. The zero-order valence-corrected chi connectivity index (χ0v) is 14.0. The highest BCUT2D eigenvalue weighted by Gasteiger charge is 2.33. The van der Waals surface area contributed by atoms with Crippen LogP contribution in [0.15, 0.2) is 69.9 Å². The van der Waals surface area contributed by atoms with Gasteiger partial charge in [-0.15, -0.1) is 0 Å². The largest absolute Gasteiger partial charge is 0.506 e. The van der Waals surface area contributed by atoms with E-state index in [1.54, 1.807) is 42.6 Å². The molecular formula is C18H13FN2O3S. The second-order valence-corrected chi connectivity index (χ2v) is 5.98. The van der Waals surface area contributed by atoms with Crippen LogP contribution < -0.4 is 0 Å². The maximum Gasteiger partial charge on any atom is 0.344 e. The quantitative estimate of drug-likeness (QED) is 0.841. The van der Waals surface area contributed by atoms with Gasteiger partial charge in [-0.05, 0) is 30.3 Å². The normalized spacial score (nSPS) is 17.4. The molecule has 0 saturated carbocycles. The number of para-hydroxylation sites is 1. The standard InChI is InChI=1S/C18H13FN2O3S/c1-24-18(23)15-16(22)14(10-11-6-4-5-9-20-11)25-17(15)21-13-8-3-2-7-12(13)19/h2-10,22H,1H3/b14-10+,21-17?. The van der Waals surface area contributed by atoms with Crippen molar-refractivity contribution in [3.8, 4) is 0 Å². The van der Waals surface area contributed by atoms with E-state index in [2.05, 4.69) is 9.98 Å². The van der Waals surface area contributed by atoms with Crippen LogP contribution in [0.3, 0.4) is 0 Å². The van der Waals surface area contributed by atoms with Crippen LogP contribution in [0, 0.1) is 5.82 Å². The maximum absolute atomic E-state index is 13.9. The summed E-state index contributed by atoms with van der Waals surface area (Å²) in [5, 5.41) is 10.6. The molecular weight excluding hydrogens is 343 g/mol. The number of carbonyl (C=O) groups is 1. The van der Waals surface area contributed by atoms with Gasteiger partial charge in [-0.25, -0.2) is 14.2 Å². The molecule has 0 bridgehead atoms. The van der Waals surface area contributed by atoms with E-state index in [0.29, 0.717) is 10.6 Å². The summed E-state index contributed by atoms with van der Waals surface area (Å²) in [6.45, 7) is 0. The Bertz CT molecular complexity index is 908. The number of rotatable bonds is 3. The number of esters is 1. The van der Waals surface area contributed by atoms with Gasteiger partial charge >= 0.3 is 5.97 Å². The van der Waals surface area contributed by atoms with Gasteiger partial charge in [0.1, 0.15) is 27.9 Å². The summed E-state index contributed by atoms with van der Waals surface area (Å²) in [4.78, 5) is 20.7. The first-order valence-electron chi connectivity index (χ1n) is 7.26. The summed E-state index contributed by atoms with van der Waals surface area (Å²) < 4.78 is 18.6. The van der Waals surface area contributed by atoms with Crippen LogP contribution in [0.2, 0.25) is 0 Å². The molecule has 3 rings (SSSR count). The molecule has 25 heavy (non-hydrogen) atoms. The van der Waals surface area contributed by atoms with Crippen molar-refractivity contribution in [1.82, 2.24) is 4.98 Å². The van der Waals surface area contributed by atoms with Gasteiger partial charge in [-0.2, -0.15) is 0 Å². The van der Waals surface area contributed by atoms with Crippen LogP contribution in [0.4, 0.5) is 10.1 Å². The van der Waals surface area contributed by atoms with Crippen LogP contribution in [0.25, 0.3) is 6.08 Å². The average molecular weight is 356 g/mol. The van der Waals surface area contributed by atoms with Crippen molar-refractivity contribution in [2.75, 3.05) is 7.11 Å². The van der Waals surface area contributed by atoms with E-state index in [9.17, 15) is 14.3 Å². The number of pyridine rings is 1. The molecule has 0 saturated heterocycles. The van der Waals surface area contributed by atoms with Gasteiger partial charge in [-0.3, -0.25) is 4.98 Å². The molecule has 0 atom stereocenters. The molecule has 0 radical (unpaired) electrons. The highest BCUT2D eigenvalue weighted by atomic mass is 32.2. The second kappa shape index (κ2) is 7.31. The molecule has 0 unspecified atom stereocenters. The fourth-order valence-corrected chi connectivity index (χ4v) is 3.15. The first kappa shape index (κ1) is 16.9.